The molecule has 1 saturated heterocycles. The Labute approximate surface area is 109 Å². The molecule has 1 aliphatic rings. The van der Waals surface area contributed by atoms with Crippen molar-refractivity contribution in [2.75, 3.05) is 20.3 Å². The lowest BCUT2D eigenvalue weighted by atomic mass is 10.1. The van der Waals surface area contributed by atoms with Crippen molar-refractivity contribution in [1.82, 2.24) is 0 Å². The van der Waals surface area contributed by atoms with E-state index in [2.05, 4.69) is 0 Å². The van der Waals surface area contributed by atoms with Crippen molar-refractivity contribution in [1.29, 1.82) is 0 Å². The van der Waals surface area contributed by atoms with Gasteiger partial charge >= 0.3 is 11.4 Å². The number of ether oxygens (including phenoxy) is 2. The van der Waals surface area contributed by atoms with Gasteiger partial charge in [-0.1, -0.05) is 12.1 Å². The molecule has 100 valence electrons. The van der Waals surface area contributed by atoms with Crippen LogP contribution >= 0.6 is 0 Å². The molecule has 2 unspecified atom stereocenters. The largest absolute Gasteiger partial charge is 0.459 e. The van der Waals surface area contributed by atoms with E-state index >= 15 is 0 Å². The summed E-state index contributed by atoms with van der Waals surface area (Å²) in [7, 11) is 1.68. The first-order chi connectivity index (χ1) is 8.61. The number of hydrogen-bond donors (Lipinski definition) is 0. The van der Waals surface area contributed by atoms with Crippen molar-refractivity contribution in [3.63, 3.8) is 0 Å². The standard InChI is InChI=1S/C12H16O5S/c1-12(9-15-18(13)17-12)16-11-5-3-10(4-6-11)7-8-14-2/h3-6H,7-9H2,1-2H3. The number of methoxy groups -OCH3 is 1. The fraction of sp³-hybridized carbons (Fsp3) is 0.500. The number of hydrogen-bond acceptors (Lipinski definition) is 5. The lowest BCUT2D eigenvalue weighted by Gasteiger charge is -2.21. The summed E-state index contributed by atoms with van der Waals surface area (Å²) in [6.45, 7) is 2.52. The summed E-state index contributed by atoms with van der Waals surface area (Å²) in [4.78, 5) is 0. The Kier molecular flexibility index (Phi) is 4.34. The SMILES string of the molecule is COCCc1ccc(OC2(C)COS(=O)O2)cc1. The zero-order valence-corrected chi connectivity index (χ0v) is 11.2. The highest BCUT2D eigenvalue weighted by atomic mass is 32.2. The van der Waals surface area contributed by atoms with Gasteiger partial charge in [-0.05, 0) is 24.1 Å². The van der Waals surface area contributed by atoms with Gasteiger partial charge in [0.05, 0.1) is 6.61 Å². The molecule has 0 aromatic heterocycles. The molecule has 5 nitrogen and oxygen atoms in total. The summed E-state index contributed by atoms with van der Waals surface area (Å²) in [6.07, 6.45) is 0.859. The summed E-state index contributed by atoms with van der Waals surface area (Å²) in [5.41, 5.74) is 1.17. The minimum Gasteiger partial charge on any atom is -0.459 e. The minimum atomic E-state index is -1.72. The molecule has 0 spiro atoms. The van der Waals surface area contributed by atoms with Gasteiger partial charge in [0.25, 0.3) is 0 Å². The van der Waals surface area contributed by atoms with Crippen LogP contribution in [0, 0.1) is 0 Å². The Bertz CT molecular complexity index is 419. The highest BCUT2D eigenvalue weighted by molar-refractivity contribution is 7.75. The second kappa shape index (κ2) is 5.79. The maximum absolute atomic E-state index is 11.0. The van der Waals surface area contributed by atoms with Crippen molar-refractivity contribution >= 4 is 11.4 Å². The lowest BCUT2D eigenvalue weighted by molar-refractivity contribution is -0.0790. The molecule has 0 N–H and O–H groups in total. The molecule has 0 radical (unpaired) electrons. The Morgan fingerprint density at radius 2 is 2.11 bits per heavy atom. The molecule has 18 heavy (non-hydrogen) atoms. The van der Waals surface area contributed by atoms with E-state index in [0.29, 0.717) is 12.4 Å². The van der Waals surface area contributed by atoms with Crippen LogP contribution in [0.2, 0.25) is 0 Å². The summed E-state index contributed by atoms with van der Waals surface area (Å²) < 4.78 is 31.5. The second-order valence-electron chi connectivity index (χ2n) is 4.17. The summed E-state index contributed by atoms with van der Waals surface area (Å²) >= 11 is -1.72. The molecule has 6 heteroatoms. The van der Waals surface area contributed by atoms with Crippen LogP contribution in [0.4, 0.5) is 0 Å². The quantitative estimate of drug-likeness (QED) is 0.815. The fourth-order valence-corrected chi connectivity index (χ4v) is 2.32. The first kappa shape index (κ1) is 13.5. The monoisotopic (exact) mass is 272 g/mol. The molecular weight excluding hydrogens is 256 g/mol. The van der Waals surface area contributed by atoms with Crippen LogP contribution in [0.5, 0.6) is 5.75 Å². The normalized spacial score (nSPS) is 27.3. The molecule has 1 fully saturated rings. The van der Waals surface area contributed by atoms with E-state index in [1.165, 1.54) is 5.56 Å². The Hall–Kier alpha value is -0.950. The van der Waals surface area contributed by atoms with Crippen molar-refractivity contribution in [3.05, 3.63) is 29.8 Å². The highest BCUT2D eigenvalue weighted by Crippen LogP contribution is 2.26. The van der Waals surface area contributed by atoms with Crippen LogP contribution in [0.25, 0.3) is 0 Å². The first-order valence-electron chi connectivity index (χ1n) is 5.63. The van der Waals surface area contributed by atoms with Crippen molar-refractivity contribution in [3.8, 4) is 5.75 Å². The summed E-state index contributed by atoms with van der Waals surface area (Å²) in [5.74, 6) is -0.333. The van der Waals surface area contributed by atoms with Gasteiger partial charge in [-0.2, -0.15) is 4.21 Å². The summed E-state index contributed by atoms with van der Waals surface area (Å²) in [6, 6.07) is 7.62. The van der Waals surface area contributed by atoms with Crippen LogP contribution in [0.15, 0.2) is 24.3 Å². The zero-order valence-electron chi connectivity index (χ0n) is 10.4. The predicted molar refractivity (Wildman–Crippen MR) is 66.2 cm³/mol. The van der Waals surface area contributed by atoms with Crippen molar-refractivity contribution in [2.24, 2.45) is 0 Å². The van der Waals surface area contributed by atoms with Gasteiger partial charge in [-0.25, -0.2) is 4.18 Å². The third-order valence-electron chi connectivity index (χ3n) is 2.51. The highest BCUT2D eigenvalue weighted by Gasteiger charge is 2.38. The zero-order chi connectivity index (χ0) is 13.0. The Morgan fingerprint density at radius 3 is 2.67 bits per heavy atom. The molecule has 1 aromatic rings. The van der Waals surface area contributed by atoms with Gasteiger partial charge in [-0.15, -0.1) is 0 Å². The predicted octanol–water partition coefficient (Wildman–Crippen LogP) is 1.60. The van der Waals surface area contributed by atoms with Gasteiger partial charge < -0.3 is 9.47 Å². The van der Waals surface area contributed by atoms with Crippen LogP contribution in [-0.2, 0) is 30.9 Å². The van der Waals surface area contributed by atoms with Gasteiger partial charge in [0.2, 0.25) is 5.79 Å². The first-order valence-corrected chi connectivity index (χ1v) is 6.63. The molecule has 1 heterocycles. The fourth-order valence-electron chi connectivity index (χ4n) is 1.59. The molecule has 2 atom stereocenters. The second-order valence-corrected chi connectivity index (χ2v) is 4.98. The molecule has 1 aromatic carbocycles. The molecule has 2 rings (SSSR count). The molecule has 0 aliphatic carbocycles. The van der Waals surface area contributed by atoms with E-state index in [4.69, 9.17) is 17.8 Å². The van der Waals surface area contributed by atoms with Crippen LogP contribution < -0.4 is 4.74 Å². The van der Waals surface area contributed by atoms with Gasteiger partial charge in [-0.3, -0.25) is 4.18 Å². The summed E-state index contributed by atoms with van der Waals surface area (Å²) in [5, 5.41) is 0. The molecule has 0 saturated carbocycles. The van der Waals surface area contributed by atoms with E-state index in [9.17, 15) is 4.21 Å². The van der Waals surface area contributed by atoms with Gasteiger partial charge in [0.1, 0.15) is 12.4 Å². The minimum absolute atomic E-state index is 0.144. The molecule has 1 aliphatic heterocycles. The lowest BCUT2D eigenvalue weighted by Crippen LogP contribution is -2.34. The van der Waals surface area contributed by atoms with Gasteiger partial charge in [0, 0.05) is 14.0 Å². The molecule has 0 amide bonds. The Morgan fingerprint density at radius 1 is 1.39 bits per heavy atom. The maximum Gasteiger partial charge on any atom is 0.308 e. The maximum atomic E-state index is 11.0. The van der Waals surface area contributed by atoms with Crippen molar-refractivity contribution < 1.29 is 22.0 Å². The van der Waals surface area contributed by atoms with Crippen molar-refractivity contribution in [2.45, 2.75) is 19.1 Å². The third kappa shape index (κ3) is 3.52. The smallest absolute Gasteiger partial charge is 0.308 e. The Balaban J connectivity index is 1.95. The number of rotatable bonds is 5. The topological polar surface area (TPSA) is 54.0 Å². The molecular formula is C12H16O5S. The average molecular weight is 272 g/mol. The van der Waals surface area contributed by atoms with E-state index in [-0.39, 0.29) is 6.61 Å². The van der Waals surface area contributed by atoms with Gasteiger partial charge in [0.15, 0.2) is 0 Å². The van der Waals surface area contributed by atoms with E-state index in [0.717, 1.165) is 6.42 Å². The van der Waals surface area contributed by atoms with Crippen LogP contribution in [0.1, 0.15) is 12.5 Å². The van der Waals surface area contributed by atoms with Crippen LogP contribution in [0.3, 0.4) is 0 Å². The van der Waals surface area contributed by atoms with E-state index in [1.807, 2.05) is 24.3 Å². The van der Waals surface area contributed by atoms with E-state index < -0.39 is 17.1 Å². The van der Waals surface area contributed by atoms with Crippen LogP contribution in [-0.4, -0.2) is 30.3 Å². The third-order valence-corrected chi connectivity index (χ3v) is 3.31. The van der Waals surface area contributed by atoms with E-state index in [1.54, 1.807) is 14.0 Å². The number of benzene rings is 1. The molecule has 0 bridgehead atoms. The average Bonchev–Trinajstić information content (AvgIpc) is 2.68.